The highest BCUT2D eigenvalue weighted by molar-refractivity contribution is 14.0. The van der Waals surface area contributed by atoms with E-state index in [1.54, 1.807) is 0 Å². The van der Waals surface area contributed by atoms with Gasteiger partial charge in [-0.05, 0) is 32.3 Å². The fourth-order valence-corrected chi connectivity index (χ4v) is 4.08. The standard InChI is InChI=1S/C21H30N6O.HI/c1-16(18-7-5-4-6-8-18)23-20(22-13-19-25-24-17(2)26(19)3)27-11-9-21(14-27)10-12-28-15-21;/h4-8,16H,9-15H2,1-3H3,(H,22,23);1H. The molecule has 2 fully saturated rings. The van der Waals surface area contributed by atoms with Gasteiger partial charge < -0.3 is 19.5 Å². The number of hydrogen-bond donors (Lipinski definition) is 1. The van der Waals surface area contributed by atoms with Crippen LogP contribution in [0, 0.1) is 12.3 Å². The predicted molar refractivity (Wildman–Crippen MR) is 124 cm³/mol. The lowest BCUT2D eigenvalue weighted by Gasteiger charge is -2.27. The third-order valence-corrected chi connectivity index (χ3v) is 6.12. The first kappa shape index (κ1) is 22.0. The van der Waals surface area contributed by atoms with E-state index in [1.165, 1.54) is 5.56 Å². The van der Waals surface area contributed by atoms with Crippen LogP contribution in [0.3, 0.4) is 0 Å². The summed E-state index contributed by atoms with van der Waals surface area (Å²) in [5, 5.41) is 12.1. The molecule has 2 aliphatic rings. The Morgan fingerprint density at radius 2 is 2.07 bits per heavy atom. The molecule has 7 nitrogen and oxygen atoms in total. The second kappa shape index (κ2) is 9.42. The van der Waals surface area contributed by atoms with E-state index in [0.717, 1.165) is 56.8 Å². The zero-order valence-electron chi connectivity index (χ0n) is 17.5. The zero-order chi connectivity index (χ0) is 19.6. The fraction of sp³-hybridized carbons (Fsp3) is 0.571. The van der Waals surface area contributed by atoms with Gasteiger partial charge in [0.25, 0.3) is 0 Å². The van der Waals surface area contributed by atoms with E-state index in [1.807, 2.05) is 24.6 Å². The summed E-state index contributed by atoms with van der Waals surface area (Å²) < 4.78 is 7.70. The highest BCUT2D eigenvalue weighted by atomic mass is 127. The maximum absolute atomic E-state index is 5.70. The second-order valence-electron chi connectivity index (χ2n) is 8.11. The minimum absolute atomic E-state index is 0. The van der Waals surface area contributed by atoms with Crippen molar-refractivity contribution in [2.24, 2.45) is 17.5 Å². The Bertz CT molecular complexity index is 831. The van der Waals surface area contributed by atoms with Crippen LogP contribution >= 0.6 is 24.0 Å². The minimum Gasteiger partial charge on any atom is -0.381 e. The largest absolute Gasteiger partial charge is 0.381 e. The van der Waals surface area contributed by atoms with Crippen molar-refractivity contribution in [3.05, 3.63) is 47.5 Å². The van der Waals surface area contributed by atoms with Crippen molar-refractivity contribution in [3.8, 4) is 0 Å². The van der Waals surface area contributed by atoms with Gasteiger partial charge in [-0.2, -0.15) is 0 Å². The molecule has 0 aliphatic carbocycles. The van der Waals surface area contributed by atoms with Crippen molar-refractivity contribution in [1.29, 1.82) is 0 Å². The van der Waals surface area contributed by atoms with Gasteiger partial charge in [0.15, 0.2) is 11.8 Å². The molecule has 1 aromatic carbocycles. The number of likely N-dealkylation sites (tertiary alicyclic amines) is 1. The van der Waals surface area contributed by atoms with Crippen molar-refractivity contribution < 1.29 is 4.74 Å². The van der Waals surface area contributed by atoms with Crippen LogP contribution in [0.2, 0.25) is 0 Å². The third-order valence-electron chi connectivity index (χ3n) is 6.12. The van der Waals surface area contributed by atoms with Crippen LogP contribution in [0.5, 0.6) is 0 Å². The predicted octanol–water partition coefficient (Wildman–Crippen LogP) is 3.06. The van der Waals surface area contributed by atoms with Crippen LogP contribution in [0.25, 0.3) is 0 Å². The number of hydrogen-bond acceptors (Lipinski definition) is 4. The van der Waals surface area contributed by atoms with Crippen LogP contribution in [0.15, 0.2) is 35.3 Å². The highest BCUT2D eigenvalue weighted by Gasteiger charge is 2.42. The summed E-state index contributed by atoms with van der Waals surface area (Å²) in [6, 6.07) is 10.7. The number of rotatable bonds is 4. The molecule has 29 heavy (non-hydrogen) atoms. The van der Waals surface area contributed by atoms with Crippen LogP contribution in [0.1, 0.15) is 43.0 Å². The Kier molecular flexibility index (Phi) is 7.15. The Morgan fingerprint density at radius 1 is 1.28 bits per heavy atom. The van der Waals surface area contributed by atoms with Gasteiger partial charge >= 0.3 is 0 Å². The maximum Gasteiger partial charge on any atom is 0.194 e. The molecule has 2 aliphatic heterocycles. The molecule has 0 amide bonds. The Labute approximate surface area is 190 Å². The van der Waals surface area contributed by atoms with E-state index in [2.05, 4.69) is 51.6 Å². The van der Waals surface area contributed by atoms with E-state index in [4.69, 9.17) is 9.73 Å². The van der Waals surface area contributed by atoms with Crippen molar-refractivity contribution >= 4 is 29.9 Å². The number of nitrogens with zero attached hydrogens (tertiary/aromatic N) is 5. The quantitative estimate of drug-likeness (QED) is 0.389. The summed E-state index contributed by atoms with van der Waals surface area (Å²) in [5.74, 6) is 2.73. The van der Waals surface area contributed by atoms with E-state index in [-0.39, 0.29) is 30.0 Å². The molecule has 2 atom stereocenters. The van der Waals surface area contributed by atoms with Gasteiger partial charge in [0.2, 0.25) is 0 Å². The van der Waals surface area contributed by atoms with E-state index in [0.29, 0.717) is 12.0 Å². The second-order valence-corrected chi connectivity index (χ2v) is 8.11. The summed E-state index contributed by atoms with van der Waals surface area (Å²) in [7, 11) is 1.99. The summed E-state index contributed by atoms with van der Waals surface area (Å²) in [6.07, 6.45) is 2.31. The molecule has 2 unspecified atom stereocenters. The molecule has 0 radical (unpaired) electrons. The van der Waals surface area contributed by atoms with Gasteiger partial charge in [-0.15, -0.1) is 34.2 Å². The molecule has 3 heterocycles. The Morgan fingerprint density at radius 3 is 2.72 bits per heavy atom. The highest BCUT2D eigenvalue weighted by Crippen LogP contribution is 2.38. The first-order chi connectivity index (χ1) is 13.6. The average Bonchev–Trinajstić information content (AvgIpc) is 3.43. The molecule has 0 saturated carbocycles. The number of guanidine groups is 1. The lowest BCUT2D eigenvalue weighted by molar-refractivity contribution is 0.156. The van der Waals surface area contributed by atoms with E-state index in [9.17, 15) is 0 Å². The van der Waals surface area contributed by atoms with E-state index < -0.39 is 0 Å². The molecular weight excluding hydrogens is 479 g/mol. The molecule has 1 N–H and O–H groups in total. The number of benzene rings is 1. The molecule has 2 saturated heterocycles. The summed E-state index contributed by atoms with van der Waals surface area (Å²) in [6.45, 7) is 8.41. The normalized spacial score (nSPS) is 22.7. The molecule has 158 valence electrons. The Balaban J connectivity index is 0.00000240. The van der Waals surface area contributed by atoms with Crippen molar-refractivity contribution in [3.63, 3.8) is 0 Å². The molecular formula is C21H31IN6O. The minimum atomic E-state index is 0. The van der Waals surface area contributed by atoms with Crippen LogP contribution < -0.4 is 5.32 Å². The number of nitrogens with one attached hydrogen (secondary N) is 1. The van der Waals surface area contributed by atoms with Crippen molar-refractivity contribution in [2.45, 2.75) is 39.3 Å². The lowest BCUT2D eigenvalue weighted by Crippen LogP contribution is -2.42. The van der Waals surface area contributed by atoms with Gasteiger partial charge in [0, 0.05) is 32.2 Å². The first-order valence-corrected chi connectivity index (χ1v) is 10.1. The SMILES string of the molecule is Cc1nnc(CN=C(NC(C)c2ccccc2)N2CCC3(CCOC3)C2)n1C.I. The van der Waals surface area contributed by atoms with Crippen molar-refractivity contribution in [2.75, 3.05) is 26.3 Å². The molecule has 4 rings (SSSR count). The fourth-order valence-electron chi connectivity index (χ4n) is 4.08. The monoisotopic (exact) mass is 510 g/mol. The number of halogens is 1. The van der Waals surface area contributed by atoms with Gasteiger partial charge in [-0.1, -0.05) is 30.3 Å². The van der Waals surface area contributed by atoms with Crippen LogP contribution in [0.4, 0.5) is 0 Å². The van der Waals surface area contributed by atoms with Crippen molar-refractivity contribution in [1.82, 2.24) is 25.0 Å². The number of ether oxygens (including phenoxy) is 1. The van der Waals surface area contributed by atoms with Gasteiger partial charge in [0.1, 0.15) is 12.4 Å². The van der Waals surface area contributed by atoms with Gasteiger partial charge in [-0.25, -0.2) is 4.99 Å². The van der Waals surface area contributed by atoms with Gasteiger partial charge in [0.05, 0.1) is 12.6 Å². The smallest absolute Gasteiger partial charge is 0.194 e. The molecule has 1 spiro atoms. The molecule has 1 aromatic heterocycles. The average molecular weight is 510 g/mol. The third kappa shape index (κ3) is 4.91. The topological polar surface area (TPSA) is 67.6 Å². The van der Waals surface area contributed by atoms with Crippen LogP contribution in [-0.2, 0) is 18.3 Å². The number of aromatic nitrogens is 3. The van der Waals surface area contributed by atoms with Gasteiger partial charge in [-0.3, -0.25) is 0 Å². The zero-order valence-corrected chi connectivity index (χ0v) is 19.8. The van der Waals surface area contributed by atoms with Crippen LogP contribution in [-0.4, -0.2) is 51.9 Å². The molecule has 2 aromatic rings. The summed E-state index contributed by atoms with van der Waals surface area (Å²) >= 11 is 0. The number of aryl methyl sites for hydroxylation is 1. The van der Waals surface area contributed by atoms with E-state index >= 15 is 0 Å². The first-order valence-electron chi connectivity index (χ1n) is 10.1. The maximum atomic E-state index is 5.70. The lowest BCUT2D eigenvalue weighted by atomic mass is 9.87. The summed E-state index contributed by atoms with van der Waals surface area (Å²) in [4.78, 5) is 7.32. The molecule has 8 heteroatoms. The summed E-state index contributed by atoms with van der Waals surface area (Å²) in [5.41, 5.74) is 1.54. The molecule has 0 bridgehead atoms. The number of aliphatic imine (C=N–C) groups is 1. The Hall–Kier alpha value is -1.68.